The van der Waals surface area contributed by atoms with Crippen molar-refractivity contribution in [3.63, 3.8) is 0 Å². The van der Waals surface area contributed by atoms with E-state index in [9.17, 15) is 9.90 Å². The first-order valence-corrected chi connectivity index (χ1v) is 6.38. The van der Waals surface area contributed by atoms with Gasteiger partial charge in [-0.15, -0.1) is 0 Å². The van der Waals surface area contributed by atoms with E-state index in [1.807, 2.05) is 30.3 Å². The highest BCUT2D eigenvalue weighted by molar-refractivity contribution is 5.67. The molecule has 2 atom stereocenters. The Labute approximate surface area is 116 Å². The van der Waals surface area contributed by atoms with Crippen LogP contribution in [0.4, 0.5) is 4.79 Å². The summed E-state index contributed by atoms with van der Waals surface area (Å²) in [5.74, 6) is 0. The van der Waals surface area contributed by atoms with Gasteiger partial charge in [0.05, 0.1) is 12.1 Å². The predicted molar refractivity (Wildman–Crippen MR) is 71.8 cm³/mol. The summed E-state index contributed by atoms with van der Waals surface area (Å²) in [6.07, 6.45) is -0.785. The Morgan fingerprint density at radius 1 is 1.50 bits per heavy atom. The second kappa shape index (κ2) is 6.79. The number of aliphatic hydroxyl groups excluding tert-OH is 1. The number of azide groups is 1. The van der Waals surface area contributed by atoms with E-state index in [2.05, 4.69) is 10.0 Å². The molecule has 0 bridgehead atoms. The highest BCUT2D eigenvalue weighted by Crippen LogP contribution is 2.15. The van der Waals surface area contributed by atoms with Gasteiger partial charge in [-0.3, -0.25) is 0 Å². The molecular weight excluding hydrogens is 260 g/mol. The molecule has 1 fully saturated rings. The second-order valence-electron chi connectivity index (χ2n) is 4.61. The minimum Gasteiger partial charge on any atom is -0.445 e. The van der Waals surface area contributed by atoms with Crippen LogP contribution >= 0.6 is 0 Å². The summed E-state index contributed by atoms with van der Waals surface area (Å²) in [5, 5.41) is 13.2. The molecule has 1 aliphatic rings. The summed E-state index contributed by atoms with van der Waals surface area (Å²) in [6.45, 7) is 0.774. The molecule has 7 nitrogen and oxygen atoms in total. The number of amides is 1. The van der Waals surface area contributed by atoms with E-state index in [4.69, 9.17) is 10.3 Å². The molecule has 0 aromatic heterocycles. The number of hydrogen-bond acceptors (Lipinski definition) is 4. The van der Waals surface area contributed by atoms with Crippen LogP contribution in [0.3, 0.4) is 0 Å². The van der Waals surface area contributed by atoms with Crippen LogP contribution in [-0.4, -0.2) is 41.3 Å². The lowest BCUT2D eigenvalue weighted by Crippen LogP contribution is -2.48. The van der Waals surface area contributed by atoms with Crippen LogP contribution in [0.5, 0.6) is 0 Å². The number of carbonyl (C=O) groups excluding carboxylic acids is 1. The molecule has 1 aliphatic heterocycles. The van der Waals surface area contributed by atoms with E-state index in [0.29, 0.717) is 13.0 Å². The second-order valence-corrected chi connectivity index (χ2v) is 4.61. The largest absolute Gasteiger partial charge is 0.445 e. The fraction of sp³-hybridized carbons (Fsp3) is 0.462. The maximum atomic E-state index is 11.9. The number of aliphatic hydroxyl groups is 1. The number of likely N-dealkylation sites (tertiary alicyclic amines) is 1. The summed E-state index contributed by atoms with van der Waals surface area (Å²) in [6, 6.07) is 8.77. The number of benzene rings is 1. The standard InChI is InChI=1S/C13H16N4O3/c14-16-15-11-8-17(7-6-12(11)18)13(19)20-9-10-4-2-1-3-5-10/h1-5,11-12,18H,6-9H2/t11-,12-/m0/s1. The Morgan fingerprint density at radius 3 is 2.95 bits per heavy atom. The third-order valence-corrected chi connectivity index (χ3v) is 3.21. The molecule has 0 spiro atoms. The molecule has 1 aromatic rings. The molecule has 1 aromatic carbocycles. The van der Waals surface area contributed by atoms with Crippen molar-refractivity contribution in [3.8, 4) is 0 Å². The molecule has 0 aliphatic carbocycles. The zero-order chi connectivity index (χ0) is 14.4. The van der Waals surface area contributed by atoms with Crippen LogP contribution < -0.4 is 0 Å². The molecule has 0 saturated carbocycles. The lowest BCUT2D eigenvalue weighted by Gasteiger charge is -2.33. The summed E-state index contributed by atoms with van der Waals surface area (Å²) >= 11 is 0. The Kier molecular flexibility index (Phi) is 4.81. The van der Waals surface area contributed by atoms with Gasteiger partial charge in [0.2, 0.25) is 0 Å². The minimum absolute atomic E-state index is 0.179. The quantitative estimate of drug-likeness (QED) is 0.519. The van der Waals surface area contributed by atoms with Crippen molar-refractivity contribution in [1.82, 2.24) is 4.90 Å². The van der Waals surface area contributed by atoms with E-state index in [0.717, 1.165) is 5.56 Å². The van der Waals surface area contributed by atoms with Crippen molar-refractivity contribution < 1.29 is 14.6 Å². The lowest BCUT2D eigenvalue weighted by molar-refractivity contribution is 0.0442. The number of hydrogen-bond donors (Lipinski definition) is 1. The van der Waals surface area contributed by atoms with Gasteiger partial charge in [0.1, 0.15) is 6.61 Å². The average Bonchev–Trinajstić information content (AvgIpc) is 2.48. The zero-order valence-corrected chi connectivity index (χ0v) is 10.9. The van der Waals surface area contributed by atoms with Crippen LogP contribution in [0.2, 0.25) is 0 Å². The molecular formula is C13H16N4O3. The van der Waals surface area contributed by atoms with Crippen molar-refractivity contribution in [1.29, 1.82) is 0 Å². The van der Waals surface area contributed by atoms with Crippen LogP contribution in [0.1, 0.15) is 12.0 Å². The summed E-state index contributed by atoms with van der Waals surface area (Å²) < 4.78 is 5.20. The third-order valence-electron chi connectivity index (χ3n) is 3.21. The molecule has 1 saturated heterocycles. The van der Waals surface area contributed by atoms with Gasteiger partial charge >= 0.3 is 6.09 Å². The Hall–Kier alpha value is -2.24. The average molecular weight is 276 g/mol. The molecule has 1 N–H and O–H groups in total. The van der Waals surface area contributed by atoms with E-state index in [1.165, 1.54) is 4.90 Å². The molecule has 7 heteroatoms. The molecule has 1 heterocycles. The third kappa shape index (κ3) is 3.63. The monoisotopic (exact) mass is 276 g/mol. The van der Waals surface area contributed by atoms with Crippen LogP contribution in [0, 0.1) is 0 Å². The number of piperidine rings is 1. The smallest absolute Gasteiger partial charge is 0.410 e. The molecule has 0 unspecified atom stereocenters. The minimum atomic E-state index is -0.705. The van der Waals surface area contributed by atoms with Gasteiger partial charge in [-0.2, -0.15) is 0 Å². The van der Waals surface area contributed by atoms with Gasteiger partial charge in [-0.1, -0.05) is 35.4 Å². The van der Waals surface area contributed by atoms with Crippen LogP contribution in [-0.2, 0) is 11.3 Å². The zero-order valence-electron chi connectivity index (χ0n) is 10.9. The fourth-order valence-electron chi connectivity index (χ4n) is 2.08. The maximum absolute atomic E-state index is 11.9. The van der Waals surface area contributed by atoms with Gasteiger partial charge in [0.15, 0.2) is 0 Å². The first-order valence-electron chi connectivity index (χ1n) is 6.38. The molecule has 2 rings (SSSR count). The summed E-state index contributed by atoms with van der Waals surface area (Å²) in [5.41, 5.74) is 9.33. The van der Waals surface area contributed by atoms with E-state index in [1.54, 1.807) is 0 Å². The van der Waals surface area contributed by atoms with E-state index >= 15 is 0 Å². The van der Waals surface area contributed by atoms with E-state index in [-0.39, 0.29) is 13.2 Å². The Morgan fingerprint density at radius 2 is 2.25 bits per heavy atom. The summed E-state index contributed by atoms with van der Waals surface area (Å²) in [4.78, 5) is 16.1. The first kappa shape index (κ1) is 14.2. The van der Waals surface area contributed by atoms with Crippen molar-refractivity contribution in [3.05, 3.63) is 46.3 Å². The van der Waals surface area contributed by atoms with Crippen molar-refractivity contribution >= 4 is 6.09 Å². The number of nitrogens with zero attached hydrogens (tertiary/aromatic N) is 4. The highest BCUT2D eigenvalue weighted by atomic mass is 16.6. The van der Waals surface area contributed by atoms with Crippen LogP contribution in [0.25, 0.3) is 10.4 Å². The van der Waals surface area contributed by atoms with Gasteiger partial charge in [-0.05, 0) is 17.5 Å². The van der Waals surface area contributed by atoms with Gasteiger partial charge in [-0.25, -0.2) is 4.79 Å². The van der Waals surface area contributed by atoms with Gasteiger partial charge < -0.3 is 14.7 Å². The lowest BCUT2D eigenvalue weighted by atomic mass is 10.0. The molecule has 20 heavy (non-hydrogen) atoms. The number of rotatable bonds is 3. The fourth-order valence-corrected chi connectivity index (χ4v) is 2.08. The Balaban J connectivity index is 1.88. The van der Waals surface area contributed by atoms with E-state index < -0.39 is 18.2 Å². The maximum Gasteiger partial charge on any atom is 0.410 e. The Bertz CT molecular complexity index is 502. The predicted octanol–water partition coefficient (Wildman–Crippen LogP) is 2.07. The SMILES string of the molecule is [N-]=[N+]=N[C@H]1CN(C(=O)OCc2ccccc2)CC[C@@H]1O. The number of carbonyl (C=O) groups is 1. The molecule has 0 radical (unpaired) electrons. The van der Waals surface area contributed by atoms with Crippen molar-refractivity contribution in [2.45, 2.75) is 25.2 Å². The highest BCUT2D eigenvalue weighted by Gasteiger charge is 2.30. The first-order chi connectivity index (χ1) is 9.70. The van der Waals surface area contributed by atoms with Gasteiger partial charge in [0, 0.05) is 18.0 Å². The normalized spacial score (nSPS) is 21.9. The van der Waals surface area contributed by atoms with Crippen LogP contribution in [0.15, 0.2) is 35.4 Å². The topological polar surface area (TPSA) is 98.5 Å². The van der Waals surface area contributed by atoms with Crippen molar-refractivity contribution in [2.24, 2.45) is 5.11 Å². The summed E-state index contributed by atoms with van der Waals surface area (Å²) in [7, 11) is 0. The molecule has 106 valence electrons. The van der Waals surface area contributed by atoms with Crippen molar-refractivity contribution in [2.75, 3.05) is 13.1 Å². The van der Waals surface area contributed by atoms with Gasteiger partial charge in [0.25, 0.3) is 0 Å². The number of ether oxygens (including phenoxy) is 1. The molecule has 1 amide bonds.